The predicted molar refractivity (Wildman–Crippen MR) is 129 cm³/mol. The van der Waals surface area contributed by atoms with Gasteiger partial charge < -0.3 is 9.16 Å². The molecular formula is C25H35N3O2Si. The molecule has 3 aromatic rings. The fraction of sp³-hybridized carbons (Fsp3) is 0.440. The van der Waals surface area contributed by atoms with E-state index in [1.165, 1.54) is 11.1 Å². The Labute approximate surface area is 187 Å². The van der Waals surface area contributed by atoms with Gasteiger partial charge in [-0.05, 0) is 57.6 Å². The number of allylic oxidation sites excluding steroid dienone is 1. The zero-order chi connectivity index (χ0) is 22.5. The van der Waals surface area contributed by atoms with Gasteiger partial charge in [0.05, 0.1) is 11.3 Å². The van der Waals surface area contributed by atoms with Crippen molar-refractivity contribution in [2.45, 2.75) is 64.9 Å². The molecule has 1 heterocycles. The molecule has 5 nitrogen and oxygen atoms in total. The quantitative estimate of drug-likeness (QED) is 0.264. The number of hydrogen-bond donors (Lipinski definition) is 0. The zero-order valence-corrected chi connectivity index (χ0v) is 20.5. The van der Waals surface area contributed by atoms with Gasteiger partial charge in [0.15, 0.2) is 5.72 Å². The minimum atomic E-state index is -1.70. The molecule has 0 aliphatic heterocycles. The Hall–Kier alpha value is -2.44. The molecule has 0 fully saturated rings. The Morgan fingerprint density at radius 2 is 1.77 bits per heavy atom. The molecule has 0 N–H and O–H groups in total. The molecule has 0 aliphatic carbocycles. The van der Waals surface area contributed by atoms with E-state index in [9.17, 15) is 0 Å². The second-order valence-electron chi connectivity index (χ2n) is 9.11. The Morgan fingerprint density at radius 1 is 1.06 bits per heavy atom. The van der Waals surface area contributed by atoms with E-state index in [0.717, 1.165) is 36.1 Å². The van der Waals surface area contributed by atoms with Gasteiger partial charge in [-0.15, -0.1) is 5.10 Å². The highest BCUT2D eigenvalue weighted by molar-refractivity contribution is 6.70. The number of para-hydroxylation sites is 1. The number of aromatic nitrogens is 3. The van der Waals surface area contributed by atoms with Gasteiger partial charge in [0.25, 0.3) is 0 Å². The molecule has 0 saturated carbocycles. The lowest BCUT2D eigenvalue weighted by molar-refractivity contribution is -0.121. The molecule has 3 rings (SSSR count). The molecule has 6 heteroatoms. The van der Waals surface area contributed by atoms with Crippen LogP contribution in [0, 0.1) is 6.92 Å². The van der Waals surface area contributed by atoms with E-state index in [1.54, 1.807) is 0 Å². The molecule has 0 bridgehead atoms. The van der Waals surface area contributed by atoms with Crippen molar-refractivity contribution in [3.05, 3.63) is 72.0 Å². The number of rotatable bonds is 11. The predicted octanol–water partition coefficient (Wildman–Crippen LogP) is 6.21. The van der Waals surface area contributed by atoms with Crippen molar-refractivity contribution in [3.63, 3.8) is 0 Å². The largest absolute Gasteiger partial charge is 0.548 e. The first-order valence-electron chi connectivity index (χ1n) is 11.1. The molecule has 0 radical (unpaired) electrons. The summed E-state index contributed by atoms with van der Waals surface area (Å²) in [6.45, 7) is 15.4. The van der Waals surface area contributed by atoms with E-state index in [2.05, 4.69) is 73.8 Å². The maximum atomic E-state index is 6.48. The van der Waals surface area contributed by atoms with Crippen molar-refractivity contribution in [1.29, 1.82) is 0 Å². The van der Waals surface area contributed by atoms with Crippen LogP contribution in [0.3, 0.4) is 0 Å². The third-order valence-electron chi connectivity index (χ3n) is 5.32. The van der Waals surface area contributed by atoms with E-state index in [0.29, 0.717) is 13.0 Å². The van der Waals surface area contributed by atoms with Gasteiger partial charge in [-0.3, -0.25) is 0 Å². The molecule has 1 atom stereocenters. The highest BCUT2D eigenvalue weighted by Gasteiger charge is 2.35. The van der Waals surface area contributed by atoms with Crippen LogP contribution in [0.1, 0.15) is 37.3 Å². The first kappa shape index (κ1) is 23.2. The number of ether oxygens (including phenoxy) is 1. The molecule has 0 spiro atoms. The van der Waals surface area contributed by atoms with Crippen LogP contribution in [0.25, 0.3) is 11.0 Å². The van der Waals surface area contributed by atoms with E-state index in [4.69, 9.17) is 9.16 Å². The van der Waals surface area contributed by atoms with E-state index >= 15 is 0 Å². The van der Waals surface area contributed by atoms with Crippen LogP contribution in [-0.4, -0.2) is 29.9 Å². The molecular weight excluding hydrogens is 402 g/mol. The van der Waals surface area contributed by atoms with Gasteiger partial charge in [0.1, 0.15) is 5.52 Å². The van der Waals surface area contributed by atoms with Crippen LogP contribution < -0.4 is 0 Å². The summed E-state index contributed by atoms with van der Waals surface area (Å²) in [5.41, 5.74) is 3.79. The fourth-order valence-electron chi connectivity index (χ4n) is 3.89. The lowest BCUT2D eigenvalue weighted by atomic mass is 9.96. The normalized spacial score (nSPS) is 13.8. The Bertz CT molecular complexity index is 1010. The fourth-order valence-corrected chi connectivity index (χ4v) is 4.86. The molecule has 166 valence electrons. The molecule has 2 aromatic carbocycles. The van der Waals surface area contributed by atoms with Crippen LogP contribution >= 0.6 is 0 Å². The second-order valence-corrected chi connectivity index (χ2v) is 13.5. The summed E-state index contributed by atoms with van der Waals surface area (Å²) in [6.07, 6.45) is 3.11. The third-order valence-corrected chi connectivity index (χ3v) is 6.22. The average molecular weight is 438 g/mol. The van der Waals surface area contributed by atoms with Gasteiger partial charge in [-0.25, -0.2) is 4.68 Å². The monoisotopic (exact) mass is 437 g/mol. The SMILES string of the molecule is C=C(CCC(CCc1ccc(C)cc1)(OCC)n1nnc2ccccc21)O[Si](C)(C)C. The number of aryl methyl sites for hydroxylation is 2. The zero-order valence-electron chi connectivity index (χ0n) is 19.5. The summed E-state index contributed by atoms with van der Waals surface area (Å²) in [6, 6.07) is 16.8. The van der Waals surface area contributed by atoms with E-state index < -0.39 is 14.0 Å². The smallest absolute Gasteiger partial charge is 0.241 e. The molecule has 0 saturated heterocycles. The highest BCUT2D eigenvalue weighted by atomic mass is 28.4. The van der Waals surface area contributed by atoms with Crippen LogP contribution in [0.15, 0.2) is 60.9 Å². The summed E-state index contributed by atoms with van der Waals surface area (Å²) >= 11 is 0. The lowest BCUT2D eigenvalue weighted by Crippen LogP contribution is -2.39. The Balaban J connectivity index is 1.93. The van der Waals surface area contributed by atoms with Gasteiger partial charge in [0.2, 0.25) is 8.32 Å². The summed E-state index contributed by atoms with van der Waals surface area (Å²) in [5, 5.41) is 8.95. The van der Waals surface area contributed by atoms with Crippen molar-refractivity contribution < 1.29 is 9.16 Å². The minimum Gasteiger partial charge on any atom is -0.548 e. The highest BCUT2D eigenvalue weighted by Crippen LogP contribution is 2.34. The topological polar surface area (TPSA) is 49.2 Å². The summed E-state index contributed by atoms with van der Waals surface area (Å²) < 4.78 is 14.6. The number of hydrogen-bond acceptors (Lipinski definition) is 4. The summed E-state index contributed by atoms with van der Waals surface area (Å²) in [5.74, 6) is 0.822. The van der Waals surface area contributed by atoms with Crippen molar-refractivity contribution in [2.75, 3.05) is 6.61 Å². The first-order chi connectivity index (χ1) is 14.7. The number of benzene rings is 2. The van der Waals surface area contributed by atoms with E-state index in [1.807, 2.05) is 29.8 Å². The lowest BCUT2D eigenvalue weighted by Gasteiger charge is -2.35. The van der Waals surface area contributed by atoms with Crippen LogP contribution in [0.5, 0.6) is 0 Å². The Morgan fingerprint density at radius 3 is 2.45 bits per heavy atom. The summed E-state index contributed by atoms with van der Waals surface area (Å²) in [4.78, 5) is 0. The standard InChI is InChI=1S/C25H35N3O2Si/c1-7-29-25(18-16-21(3)30-31(4,5)6,19-17-22-14-12-20(2)13-15-22)28-24-11-9-8-10-23(24)26-27-28/h8-15H,3,7,16-19H2,1-2,4-6H3. The minimum absolute atomic E-state index is 0.587. The Kier molecular flexibility index (Phi) is 7.33. The van der Waals surface area contributed by atoms with Crippen LogP contribution in [0.4, 0.5) is 0 Å². The van der Waals surface area contributed by atoms with Crippen LogP contribution in [0.2, 0.25) is 19.6 Å². The molecule has 1 unspecified atom stereocenters. The average Bonchev–Trinajstić information content (AvgIpc) is 3.15. The van der Waals surface area contributed by atoms with Gasteiger partial charge >= 0.3 is 0 Å². The second kappa shape index (κ2) is 9.79. The van der Waals surface area contributed by atoms with Crippen molar-refractivity contribution in [1.82, 2.24) is 15.0 Å². The molecule has 0 aliphatic rings. The third kappa shape index (κ3) is 6.05. The maximum absolute atomic E-state index is 6.48. The number of nitrogens with zero attached hydrogens (tertiary/aromatic N) is 3. The van der Waals surface area contributed by atoms with Gasteiger partial charge in [-0.2, -0.15) is 0 Å². The number of fused-ring (bicyclic) bond motifs is 1. The molecule has 31 heavy (non-hydrogen) atoms. The van der Waals surface area contributed by atoms with Gasteiger partial charge in [0, 0.05) is 25.9 Å². The van der Waals surface area contributed by atoms with Crippen molar-refractivity contribution in [3.8, 4) is 0 Å². The van der Waals surface area contributed by atoms with E-state index in [-0.39, 0.29) is 0 Å². The van der Waals surface area contributed by atoms with Crippen molar-refractivity contribution >= 4 is 19.4 Å². The first-order valence-corrected chi connectivity index (χ1v) is 14.5. The molecule has 0 amide bonds. The molecule has 1 aromatic heterocycles. The van der Waals surface area contributed by atoms with Gasteiger partial charge in [-0.1, -0.05) is 53.8 Å². The van der Waals surface area contributed by atoms with Crippen LogP contribution in [-0.2, 0) is 21.3 Å². The summed E-state index contributed by atoms with van der Waals surface area (Å²) in [7, 11) is -1.70. The maximum Gasteiger partial charge on any atom is 0.241 e. The van der Waals surface area contributed by atoms with Crippen molar-refractivity contribution in [2.24, 2.45) is 0 Å².